The van der Waals surface area contributed by atoms with Crippen LogP contribution in [0.1, 0.15) is 67.3 Å². The van der Waals surface area contributed by atoms with E-state index in [0.717, 1.165) is 45.8 Å². The molecular formula is C35H38N4O2. The predicted molar refractivity (Wildman–Crippen MR) is 169 cm³/mol. The highest BCUT2D eigenvalue weighted by atomic mass is 16.5. The summed E-state index contributed by atoms with van der Waals surface area (Å²) >= 11 is 0. The molecule has 0 aliphatic heterocycles. The summed E-state index contributed by atoms with van der Waals surface area (Å²) in [6.07, 6.45) is 2.72. The summed E-state index contributed by atoms with van der Waals surface area (Å²) in [5.74, 6) is 1.61. The number of hydrogen-bond donors (Lipinski definition) is 0. The standard InChI is InChI=1S/C35H38N4O2/c1-8-26-14-10-13-17-32(26)38-24(6)19-27(25(38)7)21-36-39-34(37-31-16-12-11-15-28(31)35(39)40)30-20-29(22(3)4)33(41-9-2)18-23(30)5/h10-22H,8-9H2,1-7H3. The first-order chi connectivity index (χ1) is 19.7. The van der Waals surface area contributed by atoms with Gasteiger partial charge in [-0.05, 0) is 93.1 Å². The number of fused-ring (bicyclic) bond motifs is 1. The summed E-state index contributed by atoms with van der Waals surface area (Å²) in [7, 11) is 0. The molecular weight excluding hydrogens is 508 g/mol. The Balaban J connectivity index is 1.70. The van der Waals surface area contributed by atoms with Crippen LogP contribution >= 0.6 is 0 Å². The fraction of sp³-hybridized carbons (Fsp3) is 0.286. The van der Waals surface area contributed by atoms with Gasteiger partial charge < -0.3 is 9.30 Å². The number of nitrogens with zero attached hydrogens (tertiary/aromatic N) is 4. The Morgan fingerprint density at radius 3 is 2.44 bits per heavy atom. The summed E-state index contributed by atoms with van der Waals surface area (Å²) in [4.78, 5) is 18.9. The molecule has 6 heteroatoms. The average Bonchev–Trinajstić information content (AvgIpc) is 3.24. The van der Waals surface area contributed by atoms with E-state index in [1.807, 2.05) is 38.1 Å². The molecule has 0 saturated carbocycles. The highest BCUT2D eigenvalue weighted by molar-refractivity contribution is 5.84. The van der Waals surface area contributed by atoms with Crippen LogP contribution in [0.3, 0.4) is 0 Å². The van der Waals surface area contributed by atoms with E-state index in [1.54, 1.807) is 12.3 Å². The topological polar surface area (TPSA) is 61.4 Å². The lowest BCUT2D eigenvalue weighted by Gasteiger charge is -2.18. The lowest BCUT2D eigenvalue weighted by atomic mass is 9.96. The van der Waals surface area contributed by atoms with Gasteiger partial charge in [0.15, 0.2) is 5.82 Å². The van der Waals surface area contributed by atoms with Gasteiger partial charge in [0.05, 0.1) is 23.7 Å². The van der Waals surface area contributed by atoms with E-state index >= 15 is 0 Å². The number of aryl methyl sites for hydroxylation is 3. The Kier molecular flexibility index (Phi) is 7.93. The number of rotatable bonds is 8. The van der Waals surface area contributed by atoms with Gasteiger partial charge in [0.2, 0.25) is 0 Å². The van der Waals surface area contributed by atoms with Crippen molar-refractivity contribution in [2.24, 2.45) is 5.10 Å². The van der Waals surface area contributed by atoms with E-state index in [-0.39, 0.29) is 11.5 Å². The SMILES string of the molecule is CCOc1cc(C)c(-c2nc3ccccc3c(=O)n2N=Cc2cc(C)n(-c3ccccc3CC)c2C)cc1C(C)C. The molecule has 0 saturated heterocycles. The maximum atomic E-state index is 13.9. The highest BCUT2D eigenvalue weighted by Crippen LogP contribution is 2.34. The molecule has 210 valence electrons. The normalized spacial score (nSPS) is 11.7. The van der Waals surface area contributed by atoms with Crippen LogP contribution in [-0.4, -0.2) is 27.0 Å². The first-order valence-electron chi connectivity index (χ1n) is 14.4. The molecule has 0 unspecified atom stereocenters. The first kappa shape index (κ1) is 28.1. The lowest BCUT2D eigenvalue weighted by Crippen LogP contribution is -2.21. The number of hydrogen-bond acceptors (Lipinski definition) is 4. The van der Waals surface area contributed by atoms with Gasteiger partial charge in [0.1, 0.15) is 5.75 Å². The van der Waals surface area contributed by atoms with Crippen LogP contribution < -0.4 is 10.3 Å². The Hall–Kier alpha value is -4.45. The Labute approximate surface area is 242 Å². The molecule has 0 spiro atoms. The second kappa shape index (κ2) is 11.6. The van der Waals surface area contributed by atoms with Crippen molar-refractivity contribution < 1.29 is 4.74 Å². The molecule has 0 atom stereocenters. The number of benzene rings is 3. The van der Waals surface area contributed by atoms with E-state index in [9.17, 15) is 4.79 Å². The zero-order chi connectivity index (χ0) is 29.3. The number of aromatic nitrogens is 3. The van der Waals surface area contributed by atoms with Crippen LogP contribution in [0.5, 0.6) is 5.75 Å². The Morgan fingerprint density at radius 1 is 0.976 bits per heavy atom. The van der Waals surface area contributed by atoms with Gasteiger partial charge in [-0.1, -0.05) is 51.1 Å². The quantitative estimate of drug-likeness (QED) is 0.187. The smallest absolute Gasteiger partial charge is 0.282 e. The van der Waals surface area contributed by atoms with Crippen molar-refractivity contribution in [1.29, 1.82) is 0 Å². The third-order valence-electron chi connectivity index (χ3n) is 7.67. The Bertz CT molecular complexity index is 1820. The molecule has 3 aromatic carbocycles. The van der Waals surface area contributed by atoms with Crippen molar-refractivity contribution in [2.75, 3.05) is 6.61 Å². The molecule has 0 radical (unpaired) electrons. The molecule has 6 nitrogen and oxygen atoms in total. The average molecular weight is 547 g/mol. The maximum Gasteiger partial charge on any atom is 0.282 e. The van der Waals surface area contributed by atoms with Crippen molar-refractivity contribution in [2.45, 2.75) is 60.8 Å². The van der Waals surface area contributed by atoms with Gasteiger partial charge in [0, 0.05) is 28.2 Å². The van der Waals surface area contributed by atoms with Gasteiger partial charge >= 0.3 is 0 Å². The summed E-state index contributed by atoms with van der Waals surface area (Å²) in [5.41, 5.74) is 8.92. The molecule has 5 aromatic rings. The highest BCUT2D eigenvalue weighted by Gasteiger charge is 2.19. The predicted octanol–water partition coefficient (Wildman–Crippen LogP) is 7.75. The van der Waals surface area contributed by atoms with Crippen molar-refractivity contribution in [3.63, 3.8) is 0 Å². The molecule has 0 aliphatic rings. The van der Waals surface area contributed by atoms with Crippen LogP contribution in [0.15, 0.2) is 76.6 Å². The van der Waals surface area contributed by atoms with Crippen LogP contribution in [0.4, 0.5) is 0 Å². The molecule has 0 fully saturated rings. The number of ether oxygens (including phenoxy) is 1. The van der Waals surface area contributed by atoms with Crippen LogP contribution in [0.25, 0.3) is 28.0 Å². The molecule has 0 amide bonds. The fourth-order valence-corrected chi connectivity index (χ4v) is 5.51. The summed E-state index contributed by atoms with van der Waals surface area (Å²) < 4.78 is 9.66. The van der Waals surface area contributed by atoms with E-state index in [4.69, 9.17) is 14.8 Å². The van der Waals surface area contributed by atoms with E-state index in [2.05, 4.69) is 75.6 Å². The van der Waals surface area contributed by atoms with Gasteiger partial charge in [-0.25, -0.2) is 4.98 Å². The van der Waals surface area contributed by atoms with Crippen LogP contribution in [0, 0.1) is 20.8 Å². The summed E-state index contributed by atoms with van der Waals surface area (Å²) in [5, 5.41) is 5.33. The first-order valence-corrected chi connectivity index (χ1v) is 14.4. The van der Waals surface area contributed by atoms with Gasteiger partial charge in [0.25, 0.3) is 5.56 Å². The van der Waals surface area contributed by atoms with Crippen molar-refractivity contribution >= 4 is 17.1 Å². The summed E-state index contributed by atoms with van der Waals surface area (Å²) in [6, 6.07) is 22.2. The number of para-hydroxylation sites is 2. The van der Waals surface area contributed by atoms with Crippen molar-refractivity contribution in [3.05, 3.63) is 111 Å². The fourth-order valence-electron chi connectivity index (χ4n) is 5.51. The second-order valence-electron chi connectivity index (χ2n) is 10.8. The monoisotopic (exact) mass is 546 g/mol. The van der Waals surface area contributed by atoms with Gasteiger partial charge in [-0.3, -0.25) is 4.79 Å². The van der Waals surface area contributed by atoms with Gasteiger partial charge in [-0.2, -0.15) is 9.78 Å². The van der Waals surface area contributed by atoms with Gasteiger partial charge in [-0.15, -0.1) is 0 Å². The minimum Gasteiger partial charge on any atom is -0.494 e. The van der Waals surface area contributed by atoms with Crippen molar-refractivity contribution in [3.8, 4) is 22.8 Å². The minimum absolute atomic E-state index is 0.202. The molecule has 2 heterocycles. The Morgan fingerprint density at radius 2 is 1.71 bits per heavy atom. The lowest BCUT2D eigenvalue weighted by molar-refractivity contribution is 0.335. The molecule has 0 N–H and O–H groups in total. The molecule has 2 aromatic heterocycles. The molecule has 0 aliphatic carbocycles. The molecule has 0 bridgehead atoms. The van der Waals surface area contributed by atoms with E-state index in [0.29, 0.717) is 23.3 Å². The van der Waals surface area contributed by atoms with Crippen LogP contribution in [0.2, 0.25) is 0 Å². The maximum absolute atomic E-state index is 13.9. The molecule has 5 rings (SSSR count). The van der Waals surface area contributed by atoms with Crippen LogP contribution in [-0.2, 0) is 6.42 Å². The summed E-state index contributed by atoms with van der Waals surface area (Å²) in [6.45, 7) is 15.2. The zero-order valence-corrected chi connectivity index (χ0v) is 25.0. The zero-order valence-electron chi connectivity index (χ0n) is 25.0. The third kappa shape index (κ3) is 5.22. The van der Waals surface area contributed by atoms with E-state index in [1.165, 1.54) is 15.9 Å². The third-order valence-corrected chi connectivity index (χ3v) is 7.67. The molecule has 41 heavy (non-hydrogen) atoms. The van der Waals surface area contributed by atoms with E-state index < -0.39 is 0 Å². The minimum atomic E-state index is -0.202. The largest absolute Gasteiger partial charge is 0.494 e. The van der Waals surface area contributed by atoms with Crippen molar-refractivity contribution in [1.82, 2.24) is 14.2 Å². The second-order valence-corrected chi connectivity index (χ2v) is 10.8.